The summed E-state index contributed by atoms with van der Waals surface area (Å²) >= 11 is 0. The highest BCUT2D eigenvalue weighted by atomic mass is 16.5. The van der Waals surface area contributed by atoms with E-state index in [-0.39, 0.29) is 24.5 Å². The molecule has 0 heterocycles. The van der Waals surface area contributed by atoms with Crippen LogP contribution in [0.4, 0.5) is 5.69 Å². The monoisotopic (exact) mass is 356 g/mol. The molecule has 2 rings (SSSR count). The molecule has 0 bridgehead atoms. The van der Waals surface area contributed by atoms with Gasteiger partial charge in [0.15, 0.2) is 18.1 Å². The van der Waals surface area contributed by atoms with E-state index in [0.717, 1.165) is 6.42 Å². The Hall–Kier alpha value is -3.02. The average Bonchev–Trinajstić information content (AvgIpc) is 2.66. The number of nitrogens with one attached hydrogen (secondary N) is 2. The zero-order chi connectivity index (χ0) is 18.9. The summed E-state index contributed by atoms with van der Waals surface area (Å²) in [5, 5.41) is 5.62. The van der Waals surface area contributed by atoms with Gasteiger partial charge in [-0.1, -0.05) is 25.1 Å². The Bertz CT molecular complexity index is 761. The fourth-order valence-electron chi connectivity index (χ4n) is 2.23. The summed E-state index contributed by atoms with van der Waals surface area (Å²) in [6, 6.07) is 14.0. The number of ether oxygens (including phenoxy) is 2. The van der Waals surface area contributed by atoms with Gasteiger partial charge in [0.2, 0.25) is 0 Å². The van der Waals surface area contributed by atoms with Crippen LogP contribution in [0, 0.1) is 0 Å². The lowest BCUT2D eigenvalue weighted by molar-refractivity contribution is -0.118. The molecular weight excluding hydrogens is 332 g/mol. The number of anilines is 1. The standard InChI is InChI=1S/C20H24N2O4/c1-4-14(2)21-20(24)15-8-7-9-16(12-15)22-19(23)13-26-18-11-6-5-10-17(18)25-3/h5-12,14H,4,13H2,1-3H3,(H,21,24)(H,22,23)/t14-/m0/s1. The summed E-state index contributed by atoms with van der Waals surface area (Å²) in [7, 11) is 1.54. The highest BCUT2D eigenvalue weighted by molar-refractivity contribution is 5.97. The lowest BCUT2D eigenvalue weighted by Crippen LogP contribution is -2.32. The van der Waals surface area contributed by atoms with Crippen molar-refractivity contribution in [3.8, 4) is 11.5 Å². The number of hydrogen-bond acceptors (Lipinski definition) is 4. The number of amides is 2. The Labute approximate surface area is 153 Å². The number of para-hydroxylation sites is 2. The fraction of sp³-hybridized carbons (Fsp3) is 0.300. The van der Waals surface area contributed by atoms with Crippen molar-refractivity contribution in [3.05, 3.63) is 54.1 Å². The van der Waals surface area contributed by atoms with Crippen LogP contribution in [0.1, 0.15) is 30.6 Å². The average molecular weight is 356 g/mol. The van der Waals surface area contributed by atoms with Crippen LogP contribution in [0.5, 0.6) is 11.5 Å². The van der Waals surface area contributed by atoms with Crippen molar-refractivity contribution in [2.75, 3.05) is 19.0 Å². The second-order valence-corrected chi connectivity index (χ2v) is 5.85. The van der Waals surface area contributed by atoms with Crippen molar-refractivity contribution in [3.63, 3.8) is 0 Å². The number of carbonyl (C=O) groups excluding carboxylic acids is 2. The van der Waals surface area contributed by atoms with Crippen LogP contribution in [0.2, 0.25) is 0 Å². The molecule has 2 aromatic carbocycles. The Balaban J connectivity index is 1.94. The maximum absolute atomic E-state index is 12.2. The molecule has 0 aliphatic heterocycles. The summed E-state index contributed by atoms with van der Waals surface area (Å²) in [6.45, 7) is 3.78. The van der Waals surface area contributed by atoms with Crippen molar-refractivity contribution >= 4 is 17.5 Å². The van der Waals surface area contributed by atoms with Crippen molar-refractivity contribution in [1.29, 1.82) is 0 Å². The van der Waals surface area contributed by atoms with Gasteiger partial charge < -0.3 is 20.1 Å². The topological polar surface area (TPSA) is 76.7 Å². The minimum atomic E-state index is -0.324. The first-order chi connectivity index (χ1) is 12.5. The van der Waals surface area contributed by atoms with Crippen LogP contribution in [0.3, 0.4) is 0 Å². The molecule has 0 radical (unpaired) electrons. The molecule has 0 fully saturated rings. The number of benzene rings is 2. The molecule has 0 aliphatic carbocycles. The molecule has 6 heteroatoms. The van der Waals surface area contributed by atoms with Gasteiger partial charge in [0.1, 0.15) is 0 Å². The molecule has 138 valence electrons. The van der Waals surface area contributed by atoms with Crippen molar-refractivity contribution < 1.29 is 19.1 Å². The molecule has 2 aromatic rings. The van der Waals surface area contributed by atoms with E-state index in [0.29, 0.717) is 22.7 Å². The highest BCUT2D eigenvalue weighted by Crippen LogP contribution is 2.25. The van der Waals surface area contributed by atoms with Crippen LogP contribution >= 0.6 is 0 Å². The van der Waals surface area contributed by atoms with E-state index in [1.165, 1.54) is 7.11 Å². The van der Waals surface area contributed by atoms with Gasteiger partial charge in [-0.2, -0.15) is 0 Å². The lowest BCUT2D eigenvalue weighted by Gasteiger charge is -2.13. The third-order valence-electron chi connectivity index (χ3n) is 3.83. The first-order valence-corrected chi connectivity index (χ1v) is 8.50. The van der Waals surface area contributed by atoms with Crippen LogP contribution in [0.15, 0.2) is 48.5 Å². The van der Waals surface area contributed by atoms with Crippen LogP contribution in [-0.4, -0.2) is 31.6 Å². The van der Waals surface area contributed by atoms with E-state index in [1.54, 1.807) is 42.5 Å². The molecule has 0 saturated heterocycles. The van der Waals surface area contributed by atoms with E-state index in [9.17, 15) is 9.59 Å². The first kappa shape index (κ1) is 19.3. The van der Waals surface area contributed by atoms with Gasteiger partial charge in [-0.05, 0) is 43.7 Å². The van der Waals surface area contributed by atoms with Crippen molar-refractivity contribution in [2.24, 2.45) is 0 Å². The Morgan fingerprint density at radius 3 is 2.50 bits per heavy atom. The normalized spacial score (nSPS) is 11.3. The molecule has 1 atom stereocenters. The number of methoxy groups -OCH3 is 1. The van der Waals surface area contributed by atoms with Crippen molar-refractivity contribution in [1.82, 2.24) is 5.32 Å². The molecule has 0 spiro atoms. The maximum Gasteiger partial charge on any atom is 0.262 e. The van der Waals surface area contributed by atoms with Gasteiger partial charge in [0, 0.05) is 17.3 Å². The van der Waals surface area contributed by atoms with E-state index in [1.807, 2.05) is 19.9 Å². The summed E-state index contributed by atoms with van der Waals surface area (Å²) in [5.41, 5.74) is 1.03. The van der Waals surface area contributed by atoms with Gasteiger partial charge in [0.05, 0.1) is 7.11 Å². The molecule has 6 nitrogen and oxygen atoms in total. The minimum Gasteiger partial charge on any atom is -0.493 e. The minimum absolute atomic E-state index is 0.0926. The smallest absolute Gasteiger partial charge is 0.262 e. The van der Waals surface area contributed by atoms with E-state index >= 15 is 0 Å². The fourth-order valence-corrected chi connectivity index (χ4v) is 2.23. The Morgan fingerprint density at radius 1 is 1.08 bits per heavy atom. The zero-order valence-corrected chi connectivity index (χ0v) is 15.2. The quantitative estimate of drug-likeness (QED) is 0.761. The predicted molar refractivity (Wildman–Crippen MR) is 101 cm³/mol. The molecule has 0 saturated carbocycles. The van der Waals surface area contributed by atoms with Gasteiger partial charge in [-0.3, -0.25) is 9.59 Å². The SMILES string of the molecule is CC[C@H](C)NC(=O)c1cccc(NC(=O)COc2ccccc2OC)c1. The second-order valence-electron chi connectivity index (χ2n) is 5.85. The third-order valence-corrected chi connectivity index (χ3v) is 3.83. The van der Waals surface area contributed by atoms with Crippen LogP contribution in [-0.2, 0) is 4.79 Å². The zero-order valence-electron chi connectivity index (χ0n) is 15.2. The van der Waals surface area contributed by atoms with Gasteiger partial charge >= 0.3 is 0 Å². The lowest BCUT2D eigenvalue weighted by atomic mass is 10.1. The summed E-state index contributed by atoms with van der Waals surface area (Å²) in [6.07, 6.45) is 0.850. The number of rotatable bonds is 8. The molecule has 26 heavy (non-hydrogen) atoms. The highest BCUT2D eigenvalue weighted by Gasteiger charge is 2.11. The van der Waals surface area contributed by atoms with E-state index < -0.39 is 0 Å². The van der Waals surface area contributed by atoms with Crippen LogP contribution < -0.4 is 20.1 Å². The maximum atomic E-state index is 12.2. The van der Waals surface area contributed by atoms with E-state index in [4.69, 9.17) is 9.47 Å². The Kier molecular flexibility index (Phi) is 7.02. The third kappa shape index (κ3) is 5.51. The van der Waals surface area contributed by atoms with Gasteiger partial charge in [-0.25, -0.2) is 0 Å². The Morgan fingerprint density at radius 2 is 1.81 bits per heavy atom. The molecule has 0 aliphatic rings. The largest absolute Gasteiger partial charge is 0.493 e. The second kappa shape index (κ2) is 9.46. The predicted octanol–water partition coefficient (Wildman–Crippen LogP) is 3.24. The number of hydrogen-bond donors (Lipinski definition) is 2. The van der Waals surface area contributed by atoms with Gasteiger partial charge in [-0.15, -0.1) is 0 Å². The molecule has 0 unspecified atom stereocenters. The molecular formula is C20H24N2O4. The van der Waals surface area contributed by atoms with Gasteiger partial charge in [0.25, 0.3) is 11.8 Å². The van der Waals surface area contributed by atoms with Crippen molar-refractivity contribution in [2.45, 2.75) is 26.3 Å². The molecule has 2 N–H and O–H groups in total. The summed E-state index contributed by atoms with van der Waals surface area (Å²) < 4.78 is 10.7. The van der Waals surface area contributed by atoms with E-state index in [2.05, 4.69) is 10.6 Å². The molecule has 0 aromatic heterocycles. The summed E-state index contributed by atoms with van der Waals surface area (Å²) in [5.74, 6) is 0.562. The first-order valence-electron chi connectivity index (χ1n) is 8.50. The van der Waals surface area contributed by atoms with Crippen LogP contribution in [0.25, 0.3) is 0 Å². The summed E-state index contributed by atoms with van der Waals surface area (Å²) in [4.78, 5) is 24.3. The number of carbonyl (C=O) groups is 2. The molecule has 2 amide bonds.